The number of H-pyrrole nitrogens is 1. The lowest BCUT2D eigenvalue weighted by molar-refractivity contribution is 0.0930. The van der Waals surface area contributed by atoms with Gasteiger partial charge in [0.05, 0.1) is 24.8 Å². The van der Waals surface area contributed by atoms with Gasteiger partial charge in [0.25, 0.3) is 5.91 Å². The van der Waals surface area contributed by atoms with Gasteiger partial charge in [0.2, 0.25) is 0 Å². The van der Waals surface area contributed by atoms with Crippen molar-refractivity contribution in [2.24, 2.45) is 0 Å². The highest BCUT2D eigenvalue weighted by Crippen LogP contribution is 2.33. The van der Waals surface area contributed by atoms with Crippen LogP contribution in [-0.4, -0.2) is 38.8 Å². The van der Waals surface area contributed by atoms with Crippen molar-refractivity contribution in [3.8, 4) is 11.5 Å². The molecule has 1 aliphatic heterocycles. The molecule has 1 unspecified atom stereocenters. The zero-order valence-electron chi connectivity index (χ0n) is 14.8. The average Bonchev–Trinajstić information content (AvgIpc) is 3.02. The summed E-state index contributed by atoms with van der Waals surface area (Å²) in [6, 6.07) is 9.27. The zero-order valence-corrected chi connectivity index (χ0v) is 15.7. The van der Waals surface area contributed by atoms with Crippen molar-refractivity contribution >= 4 is 13.7 Å². The number of benzene rings is 1. The van der Waals surface area contributed by atoms with E-state index in [1.54, 1.807) is 6.07 Å². The van der Waals surface area contributed by atoms with Crippen LogP contribution in [0.4, 0.5) is 0 Å². The summed E-state index contributed by atoms with van der Waals surface area (Å²) in [7, 11) is -4.64. The summed E-state index contributed by atoms with van der Waals surface area (Å²) in [5, 5.41) is 3.05. The molecule has 0 saturated carbocycles. The van der Waals surface area contributed by atoms with E-state index in [0.29, 0.717) is 30.3 Å². The first-order chi connectivity index (χ1) is 12.8. The lowest BCUT2D eigenvalue weighted by atomic mass is 10.1. The number of rotatable bonds is 4. The first-order valence-electron chi connectivity index (χ1n) is 8.40. The molecule has 1 amide bonds. The second-order valence-electron chi connectivity index (χ2n) is 5.76. The average molecular weight is 398 g/mol. The van der Waals surface area contributed by atoms with E-state index >= 15 is 0 Å². The van der Waals surface area contributed by atoms with Crippen molar-refractivity contribution < 1.29 is 33.5 Å². The Morgan fingerprint density at radius 2 is 1.93 bits per heavy atom. The van der Waals surface area contributed by atoms with E-state index < -0.39 is 7.82 Å². The number of carbonyl (C=O) groups excluding carboxylic acids is 1. The molecule has 27 heavy (non-hydrogen) atoms. The number of hydrogen-bond acceptors (Lipinski definition) is 4. The fourth-order valence-electron chi connectivity index (χ4n) is 2.57. The predicted molar refractivity (Wildman–Crippen MR) is 97.6 cm³/mol. The van der Waals surface area contributed by atoms with Crippen molar-refractivity contribution in [3.63, 3.8) is 0 Å². The molecule has 148 valence electrons. The minimum Gasteiger partial charge on any atom is -0.490 e. The monoisotopic (exact) mass is 398 g/mol. The summed E-state index contributed by atoms with van der Waals surface area (Å²) in [6.45, 7) is 3.21. The van der Waals surface area contributed by atoms with E-state index in [0.717, 1.165) is 18.5 Å². The fourth-order valence-corrected chi connectivity index (χ4v) is 2.57. The maximum atomic E-state index is 12.6. The number of carbonyl (C=O) groups is 1. The van der Waals surface area contributed by atoms with Crippen molar-refractivity contribution in [2.75, 3.05) is 13.2 Å². The predicted octanol–water partition coefficient (Wildman–Crippen LogP) is 2.13. The SMILES string of the molecule is CCC(NC(=O)c1cccc2c1OCCCO2)c1ccc[nH]1.O=P(O)(O)O. The molecule has 3 rings (SSSR count). The van der Waals surface area contributed by atoms with E-state index in [1.807, 2.05) is 37.4 Å². The third kappa shape index (κ3) is 6.73. The number of para-hydroxylation sites is 1. The van der Waals surface area contributed by atoms with E-state index in [2.05, 4.69) is 10.3 Å². The number of aromatic amines is 1. The number of amides is 1. The summed E-state index contributed by atoms with van der Waals surface area (Å²) in [5.74, 6) is 1.03. The van der Waals surface area contributed by atoms with Gasteiger partial charge in [0.15, 0.2) is 11.5 Å². The van der Waals surface area contributed by atoms with E-state index in [4.69, 9.17) is 28.7 Å². The van der Waals surface area contributed by atoms with Gasteiger partial charge in [-0.15, -0.1) is 0 Å². The Kier molecular flexibility index (Phi) is 7.44. The van der Waals surface area contributed by atoms with Gasteiger partial charge in [0.1, 0.15) is 0 Å². The number of hydrogen-bond donors (Lipinski definition) is 5. The van der Waals surface area contributed by atoms with E-state index in [9.17, 15) is 4.79 Å². The number of aromatic nitrogens is 1. The van der Waals surface area contributed by atoms with Crippen LogP contribution in [0.5, 0.6) is 11.5 Å². The number of nitrogens with one attached hydrogen (secondary N) is 2. The molecule has 0 fully saturated rings. The van der Waals surface area contributed by atoms with Gasteiger partial charge in [-0.1, -0.05) is 13.0 Å². The lowest BCUT2D eigenvalue weighted by Crippen LogP contribution is -2.28. The van der Waals surface area contributed by atoms with Crippen LogP contribution in [0.1, 0.15) is 41.9 Å². The van der Waals surface area contributed by atoms with Crippen LogP contribution in [-0.2, 0) is 4.57 Å². The van der Waals surface area contributed by atoms with Crippen molar-refractivity contribution in [1.82, 2.24) is 10.3 Å². The smallest absolute Gasteiger partial charge is 0.466 e. The third-order valence-corrected chi connectivity index (χ3v) is 3.73. The van der Waals surface area contributed by atoms with E-state index in [-0.39, 0.29) is 11.9 Å². The van der Waals surface area contributed by atoms with Crippen LogP contribution < -0.4 is 14.8 Å². The Balaban J connectivity index is 0.000000465. The molecule has 10 heteroatoms. The van der Waals surface area contributed by atoms with Crippen LogP contribution in [0.25, 0.3) is 0 Å². The maximum Gasteiger partial charge on any atom is 0.466 e. The summed E-state index contributed by atoms with van der Waals surface area (Å²) in [6.07, 6.45) is 3.48. The summed E-state index contributed by atoms with van der Waals surface area (Å²) in [4.78, 5) is 37.3. The van der Waals surface area contributed by atoms with Gasteiger partial charge in [-0.25, -0.2) is 4.57 Å². The molecule has 0 saturated heterocycles. The van der Waals surface area contributed by atoms with Crippen LogP contribution >= 0.6 is 7.82 Å². The van der Waals surface area contributed by atoms with Gasteiger partial charge < -0.3 is 34.5 Å². The number of fused-ring (bicyclic) bond motifs is 1. The molecule has 9 nitrogen and oxygen atoms in total. The highest BCUT2D eigenvalue weighted by atomic mass is 31.2. The first kappa shape index (κ1) is 21.0. The van der Waals surface area contributed by atoms with Crippen molar-refractivity contribution in [3.05, 3.63) is 47.8 Å². The zero-order chi connectivity index (χ0) is 19.9. The molecule has 5 N–H and O–H groups in total. The summed E-state index contributed by atoms with van der Waals surface area (Å²) >= 11 is 0. The Labute approximate surface area is 156 Å². The topological polar surface area (TPSA) is 141 Å². The second kappa shape index (κ2) is 9.57. The standard InChI is InChI=1S/C17H20N2O3.H3O4P/c1-2-13(14-7-4-9-18-14)19-17(20)12-6-3-8-15-16(12)22-11-5-10-21-15;1-5(2,3)4/h3-4,6-9,13,18H,2,5,10-11H2,1H3,(H,19,20);(H3,1,2,3,4). The fraction of sp³-hybridized carbons (Fsp3) is 0.353. The molecule has 1 aromatic carbocycles. The molecule has 0 spiro atoms. The molecule has 0 radical (unpaired) electrons. The van der Waals surface area contributed by atoms with Gasteiger partial charge in [-0.2, -0.15) is 0 Å². The normalized spacial score (nSPS) is 14.4. The third-order valence-electron chi connectivity index (χ3n) is 3.73. The molecule has 1 aromatic heterocycles. The Morgan fingerprint density at radius 1 is 1.22 bits per heavy atom. The Bertz CT molecular complexity index is 780. The number of ether oxygens (including phenoxy) is 2. The molecule has 0 bridgehead atoms. The van der Waals surface area contributed by atoms with Gasteiger partial charge in [-0.05, 0) is 30.7 Å². The lowest BCUT2D eigenvalue weighted by Gasteiger charge is -2.18. The van der Waals surface area contributed by atoms with Crippen molar-refractivity contribution in [1.29, 1.82) is 0 Å². The first-order valence-corrected chi connectivity index (χ1v) is 9.97. The minimum absolute atomic E-state index is 0.0509. The van der Waals surface area contributed by atoms with Crippen LogP contribution in [0, 0.1) is 0 Å². The maximum absolute atomic E-state index is 12.6. The minimum atomic E-state index is -4.64. The van der Waals surface area contributed by atoms with E-state index in [1.165, 1.54) is 0 Å². The molecular formula is C17H23N2O7P. The molecule has 1 aliphatic rings. The van der Waals surface area contributed by atoms with Crippen LogP contribution in [0.15, 0.2) is 36.5 Å². The highest BCUT2D eigenvalue weighted by molar-refractivity contribution is 7.45. The van der Waals surface area contributed by atoms with Crippen molar-refractivity contribution in [2.45, 2.75) is 25.8 Å². The van der Waals surface area contributed by atoms with Crippen LogP contribution in [0.3, 0.4) is 0 Å². The van der Waals surface area contributed by atoms with Crippen LogP contribution in [0.2, 0.25) is 0 Å². The second-order valence-corrected chi connectivity index (χ2v) is 6.78. The van der Waals surface area contributed by atoms with Gasteiger partial charge >= 0.3 is 7.82 Å². The molecule has 1 atom stereocenters. The molecule has 2 aromatic rings. The van der Waals surface area contributed by atoms with Gasteiger partial charge in [0, 0.05) is 18.3 Å². The molecular weight excluding hydrogens is 375 g/mol. The largest absolute Gasteiger partial charge is 0.490 e. The molecule has 2 heterocycles. The quantitative estimate of drug-likeness (QED) is 0.497. The Morgan fingerprint density at radius 3 is 2.56 bits per heavy atom. The summed E-state index contributed by atoms with van der Waals surface area (Å²) in [5.41, 5.74) is 1.51. The number of phosphoric acid groups is 1. The molecule has 0 aliphatic carbocycles. The Hall–Kier alpha value is -2.32. The van der Waals surface area contributed by atoms with Gasteiger partial charge in [-0.3, -0.25) is 4.79 Å². The summed E-state index contributed by atoms with van der Waals surface area (Å²) < 4.78 is 20.2. The highest BCUT2D eigenvalue weighted by Gasteiger charge is 2.22.